The van der Waals surface area contributed by atoms with Gasteiger partial charge < -0.3 is 15.1 Å². The zero-order valence-electron chi connectivity index (χ0n) is 14.3. The number of nitrogens with one attached hydrogen (secondary N) is 1. The number of aromatic amines is 1. The molecule has 4 heterocycles. The van der Waals surface area contributed by atoms with E-state index in [1.165, 1.54) is 4.90 Å². The number of fused-ring (bicyclic) bond motifs is 2. The number of rotatable bonds is 3. The van der Waals surface area contributed by atoms with Gasteiger partial charge in [0.05, 0.1) is 11.1 Å². The lowest BCUT2D eigenvalue weighted by Crippen LogP contribution is -2.26. The number of carbonyl (C=O) groups excluding carboxylic acids is 1. The first-order chi connectivity index (χ1) is 13.6. The van der Waals surface area contributed by atoms with Gasteiger partial charge >= 0.3 is 0 Å². The lowest BCUT2D eigenvalue weighted by Gasteiger charge is -2.13. The van der Waals surface area contributed by atoms with E-state index in [0.29, 0.717) is 39.8 Å². The first-order valence-electron chi connectivity index (χ1n) is 8.31. The average molecular weight is 394 g/mol. The van der Waals surface area contributed by atoms with E-state index in [9.17, 15) is 4.79 Å². The number of halogens is 1. The number of oxazole rings is 1. The minimum atomic E-state index is -0.324. The number of anilines is 2. The molecule has 0 bridgehead atoms. The average Bonchev–Trinajstić information content (AvgIpc) is 3.37. The Morgan fingerprint density at radius 1 is 1.25 bits per heavy atom. The van der Waals surface area contributed by atoms with Crippen molar-refractivity contribution in [1.82, 2.24) is 24.9 Å². The number of H-pyrrole nitrogens is 1. The number of hydrogen-bond acceptors (Lipinski definition) is 7. The number of para-hydroxylation sites is 2. The van der Waals surface area contributed by atoms with Gasteiger partial charge in [-0.3, -0.25) is 9.69 Å². The van der Waals surface area contributed by atoms with Crippen LogP contribution >= 0.6 is 11.6 Å². The number of hydrogen-bond donors (Lipinski definition) is 2. The van der Waals surface area contributed by atoms with Crippen LogP contribution in [0.15, 0.2) is 41.1 Å². The molecule has 0 spiro atoms. The van der Waals surface area contributed by atoms with Crippen molar-refractivity contribution in [2.45, 2.75) is 6.54 Å². The molecule has 9 nitrogen and oxygen atoms in total. The molecule has 0 fully saturated rings. The van der Waals surface area contributed by atoms with Gasteiger partial charge in [-0.2, -0.15) is 4.98 Å². The molecule has 1 amide bonds. The molecule has 0 radical (unpaired) electrons. The number of nitrogens with zero attached hydrogens (tertiary/aromatic N) is 5. The van der Waals surface area contributed by atoms with Crippen molar-refractivity contribution in [3.8, 4) is 0 Å². The summed E-state index contributed by atoms with van der Waals surface area (Å²) in [4.78, 5) is 34.3. The Morgan fingerprint density at radius 2 is 2.11 bits per heavy atom. The van der Waals surface area contributed by atoms with Gasteiger partial charge in [0.15, 0.2) is 11.4 Å². The molecule has 1 aliphatic rings. The Morgan fingerprint density at radius 3 is 2.89 bits per heavy atom. The number of benzene rings is 1. The van der Waals surface area contributed by atoms with Crippen LogP contribution in [0.2, 0.25) is 5.15 Å². The molecular weight excluding hydrogens is 382 g/mol. The lowest BCUT2D eigenvalue weighted by atomic mass is 10.1. The zero-order chi connectivity index (χ0) is 19.3. The highest BCUT2D eigenvalue weighted by molar-refractivity contribution is 6.41. The van der Waals surface area contributed by atoms with E-state index in [-0.39, 0.29) is 23.6 Å². The second-order valence-corrected chi connectivity index (χ2v) is 6.43. The van der Waals surface area contributed by atoms with Crippen LogP contribution in [0.25, 0.3) is 22.7 Å². The van der Waals surface area contributed by atoms with Gasteiger partial charge in [-0.15, -0.1) is 0 Å². The molecule has 0 unspecified atom stereocenters. The van der Waals surface area contributed by atoms with Crippen molar-refractivity contribution in [2.75, 3.05) is 10.6 Å². The predicted molar refractivity (Wildman–Crippen MR) is 103 cm³/mol. The first-order valence-corrected chi connectivity index (χ1v) is 8.69. The highest BCUT2D eigenvalue weighted by Gasteiger charge is 2.37. The van der Waals surface area contributed by atoms with E-state index < -0.39 is 0 Å². The first kappa shape index (κ1) is 16.5. The Balaban J connectivity index is 1.61. The molecule has 0 saturated carbocycles. The lowest BCUT2D eigenvalue weighted by molar-refractivity contribution is -0.113. The third kappa shape index (κ3) is 2.60. The molecule has 1 aliphatic heterocycles. The van der Waals surface area contributed by atoms with Crippen LogP contribution in [0.5, 0.6) is 0 Å². The number of carbonyl (C=O) groups is 1. The van der Waals surface area contributed by atoms with Crippen molar-refractivity contribution in [3.63, 3.8) is 0 Å². The smallest absolute Gasteiger partial charge is 0.260 e. The highest BCUT2D eigenvalue weighted by atomic mass is 35.5. The molecule has 0 saturated heterocycles. The normalized spacial score (nSPS) is 15.0. The van der Waals surface area contributed by atoms with Gasteiger partial charge in [0.25, 0.3) is 5.91 Å². The largest absolute Gasteiger partial charge is 0.439 e. The van der Waals surface area contributed by atoms with Gasteiger partial charge in [0.2, 0.25) is 11.8 Å². The Bertz CT molecular complexity index is 1210. The van der Waals surface area contributed by atoms with Crippen molar-refractivity contribution in [1.29, 1.82) is 0 Å². The molecule has 138 valence electrons. The summed E-state index contributed by atoms with van der Waals surface area (Å²) in [6.07, 6.45) is 4.84. The summed E-state index contributed by atoms with van der Waals surface area (Å²) in [6, 6.07) is 7.36. The SMILES string of the molecule is Nc1nc(Cl)c2c(n1)N(Cc1nc3ccccc3o1)C(=O)/C2=C/c1ncc[nH]1. The van der Waals surface area contributed by atoms with Crippen molar-refractivity contribution in [3.05, 3.63) is 59.1 Å². The second-order valence-electron chi connectivity index (χ2n) is 6.07. The van der Waals surface area contributed by atoms with Crippen molar-refractivity contribution >= 4 is 52.0 Å². The summed E-state index contributed by atoms with van der Waals surface area (Å²) in [5.41, 5.74) is 7.80. The quantitative estimate of drug-likeness (QED) is 0.404. The minimum Gasteiger partial charge on any atom is -0.439 e. The monoisotopic (exact) mass is 393 g/mol. The molecule has 5 rings (SSSR count). The fourth-order valence-electron chi connectivity index (χ4n) is 3.11. The van der Waals surface area contributed by atoms with Gasteiger partial charge in [-0.05, 0) is 18.2 Å². The molecule has 28 heavy (non-hydrogen) atoms. The van der Waals surface area contributed by atoms with Gasteiger partial charge in [0, 0.05) is 12.4 Å². The Kier molecular flexibility index (Phi) is 3.63. The van der Waals surface area contributed by atoms with E-state index in [0.717, 1.165) is 0 Å². The number of imidazole rings is 1. The van der Waals surface area contributed by atoms with Crippen LogP contribution in [-0.2, 0) is 11.3 Å². The Labute approximate surface area is 162 Å². The zero-order valence-corrected chi connectivity index (χ0v) is 15.0. The fraction of sp³-hybridized carbons (Fsp3) is 0.0556. The molecule has 0 aliphatic carbocycles. The summed E-state index contributed by atoms with van der Waals surface area (Å²) >= 11 is 6.29. The molecule has 4 aromatic rings. The number of nitrogens with two attached hydrogens (primary N) is 1. The number of nitrogen functional groups attached to an aromatic ring is 1. The molecule has 10 heteroatoms. The van der Waals surface area contributed by atoms with Crippen LogP contribution < -0.4 is 10.6 Å². The third-order valence-electron chi connectivity index (χ3n) is 4.30. The maximum absolute atomic E-state index is 13.2. The summed E-state index contributed by atoms with van der Waals surface area (Å²) in [6.45, 7) is 0.0722. The van der Waals surface area contributed by atoms with E-state index in [4.69, 9.17) is 21.8 Å². The van der Waals surface area contributed by atoms with Gasteiger partial charge in [-0.1, -0.05) is 23.7 Å². The van der Waals surface area contributed by atoms with E-state index in [2.05, 4.69) is 24.9 Å². The van der Waals surface area contributed by atoms with Crippen LogP contribution in [0, 0.1) is 0 Å². The number of amides is 1. The summed E-state index contributed by atoms with van der Waals surface area (Å²) in [5, 5.41) is 0.0914. The van der Waals surface area contributed by atoms with Crippen LogP contribution in [-0.4, -0.2) is 30.8 Å². The molecular formula is C18H12ClN7O2. The molecule has 1 aromatic carbocycles. The minimum absolute atomic E-state index is 0.0293. The van der Waals surface area contributed by atoms with Crippen LogP contribution in [0.1, 0.15) is 17.3 Å². The van der Waals surface area contributed by atoms with E-state index in [1.54, 1.807) is 18.5 Å². The molecule has 3 N–H and O–H groups in total. The van der Waals surface area contributed by atoms with Crippen molar-refractivity contribution in [2.24, 2.45) is 0 Å². The van der Waals surface area contributed by atoms with Crippen LogP contribution in [0.4, 0.5) is 11.8 Å². The summed E-state index contributed by atoms with van der Waals surface area (Å²) in [7, 11) is 0. The fourth-order valence-corrected chi connectivity index (χ4v) is 3.38. The van der Waals surface area contributed by atoms with Gasteiger partial charge in [-0.25, -0.2) is 15.0 Å². The van der Waals surface area contributed by atoms with Crippen molar-refractivity contribution < 1.29 is 9.21 Å². The van der Waals surface area contributed by atoms with E-state index >= 15 is 0 Å². The standard InChI is InChI=1S/C18H12ClN7O2/c19-15-14-9(7-12-21-5-6-22-12)17(27)26(16(14)25-18(20)24-15)8-13-23-10-3-1-2-4-11(10)28-13/h1-7H,8H2,(H,21,22)(H2,20,24,25)/b9-7+. The topological polar surface area (TPSA) is 127 Å². The Hall–Kier alpha value is -3.72. The highest BCUT2D eigenvalue weighted by Crippen LogP contribution is 2.41. The van der Waals surface area contributed by atoms with Gasteiger partial charge in [0.1, 0.15) is 23.0 Å². The predicted octanol–water partition coefficient (Wildman–Crippen LogP) is 2.66. The third-order valence-corrected chi connectivity index (χ3v) is 4.57. The second kappa shape index (κ2) is 6.17. The summed E-state index contributed by atoms with van der Waals surface area (Å²) in [5.74, 6) is 0.829. The molecule has 0 atom stereocenters. The summed E-state index contributed by atoms with van der Waals surface area (Å²) < 4.78 is 5.74. The maximum atomic E-state index is 13.2. The van der Waals surface area contributed by atoms with Crippen LogP contribution in [0.3, 0.4) is 0 Å². The molecule has 3 aromatic heterocycles. The van der Waals surface area contributed by atoms with E-state index in [1.807, 2.05) is 24.3 Å². The maximum Gasteiger partial charge on any atom is 0.260 e. The number of aromatic nitrogens is 5.